The molecule has 4 heterocycles. The molecule has 156 valence electrons. The second-order valence-electron chi connectivity index (χ2n) is 7.59. The van der Waals surface area contributed by atoms with E-state index >= 15 is 0 Å². The number of nitriles is 1. The molecule has 8 nitrogen and oxygen atoms in total. The average molecular weight is 436 g/mol. The summed E-state index contributed by atoms with van der Waals surface area (Å²) in [6, 6.07) is 8.59. The van der Waals surface area contributed by atoms with Gasteiger partial charge in [0.05, 0.1) is 54.3 Å². The molecule has 0 fully saturated rings. The maximum atomic E-state index is 13.4. The Morgan fingerprint density at radius 3 is 2.84 bits per heavy atom. The molecule has 5 rings (SSSR count). The van der Waals surface area contributed by atoms with Crippen molar-refractivity contribution in [2.75, 3.05) is 19.4 Å². The molecular weight excluding hydrogens is 418 g/mol. The summed E-state index contributed by atoms with van der Waals surface area (Å²) in [7, 11) is 1.71. The van der Waals surface area contributed by atoms with Gasteiger partial charge in [-0.05, 0) is 23.8 Å². The molecule has 2 aromatic heterocycles. The second-order valence-corrected chi connectivity index (χ2v) is 7.99. The van der Waals surface area contributed by atoms with Crippen LogP contribution >= 0.6 is 11.6 Å². The van der Waals surface area contributed by atoms with E-state index in [9.17, 15) is 4.79 Å². The Kier molecular flexibility index (Phi) is 4.74. The maximum Gasteiger partial charge on any atom is 0.255 e. The first-order valence-electron chi connectivity index (χ1n) is 9.71. The predicted octanol–water partition coefficient (Wildman–Crippen LogP) is 3.11. The van der Waals surface area contributed by atoms with Crippen molar-refractivity contribution in [2.24, 2.45) is 0 Å². The van der Waals surface area contributed by atoms with Gasteiger partial charge >= 0.3 is 0 Å². The topological polar surface area (TPSA) is 114 Å². The molecule has 0 unspecified atom stereocenters. The van der Waals surface area contributed by atoms with Gasteiger partial charge in [0.1, 0.15) is 17.6 Å². The average Bonchev–Trinajstić information content (AvgIpc) is 3.28. The van der Waals surface area contributed by atoms with E-state index in [0.29, 0.717) is 59.7 Å². The number of nitrogen functional groups attached to an aromatic ring is 1. The number of benzene rings is 1. The molecule has 9 heteroatoms. The molecule has 0 spiro atoms. The Labute approximate surface area is 183 Å². The third-order valence-electron chi connectivity index (χ3n) is 5.83. The van der Waals surface area contributed by atoms with E-state index < -0.39 is 0 Å². The normalized spacial score (nSPS) is 17.1. The van der Waals surface area contributed by atoms with Crippen LogP contribution in [0.4, 0.5) is 5.82 Å². The fourth-order valence-corrected chi connectivity index (χ4v) is 4.40. The molecule has 0 bridgehead atoms. The van der Waals surface area contributed by atoms with Crippen molar-refractivity contribution in [1.29, 1.82) is 5.26 Å². The van der Waals surface area contributed by atoms with Crippen molar-refractivity contribution in [3.8, 4) is 6.07 Å². The lowest BCUT2D eigenvalue weighted by molar-refractivity contribution is 0.0330. The van der Waals surface area contributed by atoms with Gasteiger partial charge in [-0.2, -0.15) is 5.26 Å². The Morgan fingerprint density at radius 2 is 2.03 bits per heavy atom. The highest BCUT2D eigenvalue weighted by Gasteiger charge is 2.30. The van der Waals surface area contributed by atoms with Crippen molar-refractivity contribution in [3.05, 3.63) is 62.9 Å². The second kappa shape index (κ2) is 7.46. The standard InChI is InChI=1S/C22H18ClN5O3/c1-28(20-10-31-9-19-12(20)3-2-11(6-24)26-19)22(29)14-4-13-15-7-30-8-16(15)21(25)27-18(13)5-17(14)23/h2-5,20H,7-10H2,1H3,(H2,25,27)/t20-/m0/s1. The smallest absolute Gasteiger partial charge is 0.255 e. The summed E-state index contributed by atoms with van der Waals surface area (Å²) in [6.45, 7) is 1.46. The number of amides is 1. The quantitative estimate of drug-likeness (QED) is 0.657. The van der Waals surface area contributed by atoms with E-state index in [-0.39, 0.29) is 11.9 Å². The molecule has 1 amide bonds. The fourth-order valence-electron chi connectivity index (χ4n) is 4.16. The van der Waals surface area contributed by atoms with Gasteiger partial charge in [-0.15, -0.1) is 0 Å². The monoisotopic (exact) mass is 435 g/mol. The Bertz CT molecular complexity index is 1290. The van der Waals surface area contributed by atoms with Crippen molar-refractivity contribution in [1.82, 2.24) is 14.9 Å². The summed E-state index contributed by atoms with van der Waals surface area (Å²) in [4.78, 5) is 23.8. The van der Waals surface area contributed by atoms with Gasteiger partial charge in [0, 0.05) is 23.6 Å². The van der Waals surface area contributed by atoms with Gasteiger partial charge in [0.25, 0.3) is 5.91 Å². The van der Waals surface area contributed by atoms with Crippen LogP contribution < -0.4 is 5.73 Å². The lowest BCUT2D eigenvalue weighted by Crippen LogP contribution is -2.36. The van der Waals surface area contributed by atoms with Gasteiger partial charge in [0.2, 0.25) is 0 Å². The summed E-state index contributed by atoms with van der Waals surface area (Å²) >= 11 is 6.48. The molecular formula is C22H18ClN5O3. The number of anilines is 1. The molecule has 2 aliphatic rings. The van der Waals surface area contributed by atoms with Crippen LogP contribution in [0.3, 0.4) is 0 Å². The van der Waals surface area contributed by atoms with E-state index in [1.54, 1.807) is 30.1 Å². The van der Waals surface area contributed by atoms with E-state index in [0.717, 1.165) is 22.1 Å². The van der Waals surface area contributed by atoms with Gasteiger partial charge in [-0.25, -0.2) is 9.97 Å². The zero-order valence-electron chi connectivity index (χ0n) is 16.7. The minimum Gasteiger partial charge on any atom is -0.383 e. The van der Waals surface area contributed by atoms with Gasteiger partial charge < -0.3 is 20.1 Å². The Morgan fingerprint density at radius 1 is 1.23 bits per heavy atom. The van der Waals surface area contributed by atoms with Crippen molar-refractivity contribution in [3.63, 3.8) is 0 Å². The number of pyridine rings is 2. The summed E-state index contributed by atoms with van der Waals surface area (Å²) in [5.74, 6) is 0.176. The van der Waals surface area contributed by atoms with Crippen molar-refractivity contribution in [2.45, 2.75) is 25.9 Å². The van der Waals surface area contributed by atoms with Crippen molar-refractivity contribution < 1.29 is 14.3 Å². The maximum absolute atomic E-state index is 13.4. The first-order valence-corrected chi connectivity index (χ1v) is 10.1. The number of hydrogen-bond acceptors (Lipinski definition) is 7. The van der Waals surface area contributed by atoms with Crippen LogP contribution in [-0.2, 0) is 29.3 Å². The SMILES string of the molecule is CN(C(=O)c1cc2c3c(c(N)nc2cc1Cl)COC3)[C@H]1COCc2nc(C#N)ccc21. The van der Waals surface area contributed by atoms with E-state index in [2.05, 4.69) is 9.97 Å². The summed E-state index contributed by atoms with van der Waals surface area (Å²) in [6.07, 6.45) is 0. The molecule has 0 aliphatic carbocycles. The highest BCUT2D eigenvalue weighted by Crippen LogP contribution is 2.35. The van der Waals surface area contributed by atoms with Crippen LogP contribution in [0.5, 0.6) is 0 Å². The van der Waals surface area contributed by atoms with Crippen LogP contribution in [0.2, 0.25) is 5.02 Å². The Hall–Kier alpha value is -3.25. The van der Waals surface area contributed by atoms with Crippen LogP contribution in [-0.4, -0.2) is 34.4 Å². The molecule has 0 radical (unpaired) electrons. The zero-order chi connectivity index (χ0) is 21.7. The lowest BCUT2D eigenvalue weighted by Gasteiger charge is -2.33. The highest BCUT2D eigenvalue weighted by molar-refractivity contribution is 6.34. The number of hydrogen-bond donors (Lipinski definition) is 1. The first kappa shape index (κ1) is 19.7. The third-order valence-corrected chi connectivity index (χ3v) is 6.15. The van der Waals surface area contributed by atoms with E-state index in [4.69, 9.17) is 32.1 Å². The number of fused-ring (bicyclic) bond motifs is 4. The number of carbonyl (C=O) groups excluding carboxylic acids is 1. The molecule has 31 heavy (non-hydrogen) atoms. The molecule has 1 aromatic carbocycles. The molecule has 2 N–H and O–H groups in total. The molecule has 0 saturated heterocycles. The largest absolute Gasteiger partial charge is 0.383 e. The minimum absolute atomic E-state index is 0.248. The van der Waals surface area contributed by atoms with Crippen LogP contribution in [0.25, 0.3) is 10.9 Å². The fraction of sp³-hybridized carbons (Fsp3) is 0.273. The van der Waals surface area contributed by atoms with Gasteiger partial charge in [-0.3, -0.25) is 4.79 Å². The third kappa shape index (κ3) is 3.18. The summed E-state index contributed by atoms with van der Waals surface area (Å²) in [5.41, 5.74) is 10.7. The van der Waals surface area contributed by atoms with Gasteiger partial charge in [-0.1, -0.05) is 17.7 Å². The summed E-state index contributed by atoms with van der Waals surface area (Å²) < 4.78 is 11.2. The number of nitrogens with zero attached hydrogens (tertiary/aromatic N) is 4. The highest BCUT2D eigenvalue weighted by atomic mass is 35.5. The zero-order valence-corrected chi connectivity index (χ0v) is 17.4. The number of halogens is 1. The molecule has 3 aromatic rings. The molecule has 1 atom stereocenters. The summed E-state index contributed by atoms with van der Waals surface area (Å²) in [5, 5.41) is 10.2. The Balaban J connectivity index is 1.55. The number of carbonyl (C=O) groups is 1. The van der Waals surface area contributed by atoms with Gasteiger partial charge in [0.15, 0.2) is 0 Å². The number of rotatable bonds is 2. The number of nitrogens with two attached hydrogens (primary N) is 1. The lowest BCUT2D eigenvalue weighted by atomic mass is 9.99. The molecule has 2 aliphatic heterocycles. The number of likely N-dealkylation sites (N-methyl/N-ethyl adjacent to an activating group) is 1. The van der Waals surface area contributed by atoms with Crippen molar-refractivity contribution >= 4 is 34.2 Å². The van der Waals surface area contributed by atoms with E-state index in [1.807, 2.05) is 12.1 Å². The number of aromatic nitrogens is 2. The predicted molar refractivity (Wildman–Crippen MR) is 113 cm³/mol. The first-order chi connectivity index (χ1) is 15.0. The van der Waals surface area contributed by atoms with Crippen LogP contribution in [0, 0.1) is 11.3 Å². The minimum atomic E-state index is -0.346. The van der Waals surface area contributed by atoms with Crippen LogP contribution in [0.15, 0.2) is 24.3 Å². The molecule has 0 saturated carbocycles. The van der Waals surface area contributed by atoms with Crippen LogP contribution in [0.1, 0.15) is 44.5 Å². The number of ether oxygens (including phenoxy) is 2. The van der Waals surface area contributed by atoms with E-state index in [1.165, 1.54) is 0 Å².